The van der Waals surface area contributed by atoms with E-state index >= 15 is 0 Å². The number of H-pyrrole nitrogens is 1. The number of aliphatic hydroxyl groups excluding tert-OH is 1. The summed E-state index contributed by atoms with van der Waals surface area (Å²) < 4.78 is 0. The third-order valence-corrected chi connectivity index (χ3v) is 5.39. The fourth-order valence-corrected chi connectivity index (χ4v) is 2.96. The molecule has 0 saturated carbocycles. The fraction of sp³-hybridized carbons (Fsp3) is 0.632. The van der Waals surface area contributed by atoms with Gasteiger partial charge in [0.05, 0.1) is 12.4 Å². The zero-order valence-electron chi connectivity index (χ0n) is 18.2. The maximum absolute atomic E-state index is 13.0. The van der Waals surface area contributed by atoms with Crippen LogP contribution in [0.2, 0.25) is 0 Å². The number of aliphatic carboxylic acids is 1. The van der Waals surface area contributed by atoms with E-state index in [1.807, 2.05) is 6.92 Å². The van der Waals surface area contributed by atoms with Crippen molar-refractivity contribution < 1.29 is 29.4 Å². The molecule has 0 aliphatic heterocycles. The summed E-state index contributed by atoms with van der Waals surface area (Å²) in [6.07, 6.45) is 2.28. The summed E-state index contributed by atoms with van der Waals surface area (Å²) in [5.74, 6) is -3.82. The Labute approximate surface area is 191 Å². The van der Waals surface area contributed by atoms with Crippen LogP contribution in [-0.4, -0.2) is 79.9 Å². The van der Waals surface area contributed by atoms with Crippen LogP contribution in [0.3, 0.4) is 0 Å². The van der Waals surface area contributed by atoms with Gasteiger partial charge in [-0.2, -0.15) is 12.6 Å². The molecule has 0 aromatic carbocycles. The normalized spacial score (nSPS) is 16.7. The molecule has 32 heavy (non-hydrogen) atoms. The molecule has 1 aromatic rings. The van der Waals surface area contributed by atoms with Gasteiger partial charge in [0.2, 0.25) is 17.7 Å². The Morgan fingerprint density at radius 2 is 1.75 bits per heavy atom. The highest BCUT2D eigenvalue weighted by Crippen LogP contribution is 2.10. The van der Waals surface area contributed by atoms with Gasteiger partial charge in [0, 0.05) is 24.1 Å². The van der Waals surface area contributed by atoms with E-state index in [1.54, 1.807) is 6.92 Å². The summed E-state index contributed by atoms with van der Waals surface area (Å²) in [6.45, 7) is 4.89. The lowest BCUT2D eigenvalue weighted by atomic mass is 9.97. The number of amides is 3. The number of aromatic nitrogens is 2. The van der Waals surface area contributed by atoms with Crippen LogP contribution < -0.4 is 21.7 Å². The van der Waals surface area contributed by atoms with Gasteiger partial charge in [0.15, 0.2) is 0 Å². The average Bonchev–Trinajstić information content (AvgIpc) is 3.26. The molecule has 0 bridgehead atoms. The predicted octanol–water partition coefficient (Wildman–Crippen LogP) is -1.82. The molecule has 0 aliphatic rings. The SMILES string of the molecule is CCC(C)C(NC(=O)C(Cc1cnc[nH]1)NC(=O)C(N)C(C)O)C(=O)NC(CS)C(=O)O. The number of carboxylic acids is 1. The first-order valence-corrected chi connectivity index (χ1v) is 10.8. The number of nitrogens with zero attached hydrogens (tertiary/aromatic N) is 1. The monoisotopic (exact) mass is 472 g/mol. The summed E-state index contributed by atoms with van der Waals surface area (Å²) in [6, 6.07) is -4.67. The summed E-state index contributed by atoms with van der Waals surface area (Å²) in [4.78, 5) is 56.1. The molecule has 1 heterocycles. The molecule has 0 fully saturated rings. The number of carboxylic acid groups (broad SMARTS) is 1. The Bertz CT molecular complexity index is 774. The van der Waals surface area contributed by atoms with Crippen LogP contribution >= 0.6 is 12.6 Å². The van der Waals surface area contributed by atoms with Crippen molar-refractivity contribution in [3.05, 3.63) is 18.2 Å². The number of carbonyl (C=O) groups excluding carboxylic acids is 3. The number of thiol groups is 1. The first-order chi connectivity index (χ1) is 15.0. The van der Waals surface area contributed by atoms with E-state index < -0.39 is 54.0 Å². The molecule has 8 N–H and O–H groups in total. The van der Waals surface area contributed by atoms with Gasteiger partial charge in [-0.1, -0.05) is 20.3 Å². The minimum absolute atomic E-state index is 0.0212. The van der Waals surface area contributed by atoms with Gasteiger partial charge in [-0.15, -0.1) is 0 Å². The number of aromatic amines is 1. The molecule has 12 nitrogen and oxygen atoms in total. The number of imidazole rings is 1. The van der Waals surface area contributed by atoms with Crippen molar-refractivity contribution in [2.45, 2.75) is 63.9 Å². The fourth-order valence-electron chi connectivity index (χ4n) is 2.72. The van der Waals surface area contributed by atoms with E-state index in [0.29, 0.717) is 12.1 Å². The van der Waals surface area contributed by atoms with Gasteiger partial charge in [0.1, 0.15) is 24.2 Å². The minimum atomic E-state index is -1.26. The Morgan fingerprint density at radius 3 is 2.22 bits per heavy atom. The molecular weight excluding hydrogens is 440 g/mol. The maximum atomic E-state index is 13.0. The molecule has 1 rings (SSSR count). The Morgan fingerprint density at radius 1 is 1.12 bits per heavy atom. The molecule has 6 unspecified atom stereocenters. The van der Waals surface area contributed by atoms with E-state index in [1.165, 1.54) is 19.4 Å². The van der Waals surface area contributed by atoms with Crippen molar-refractivity contribution in [3.8, 4) is 0 Å². The zero-order valence-corrected chi connectivity index (χ0v) is 19.1. The van der Waals surface area contributed by atoms with Crippen molar-refractivity contribution in [2.24, 2.45) is 11.7 Å². The number of nitrogens with two attached hydrogens (primary N) is 1. The smallest absolute Gasteiger partial charge is 0.327 e. The van der Waals surface area contributed by atoms with E-state index in [0.717, 1.165) is 0 Å². The second-order valence-electron chi connectivity index (χ2n) is 7.56. The van der Waals surface area contributed by atoms with E-state index in [4.69, 9.17) is 10.8 Å². The Kier molecular flexibility index (Phi) is 11.2. The lowest BCUT2D eigenvalue weighted by Gasteiger charge is -2.28. The Balaban J connectivity index is 3.06. The van der Waals surface area contributed by atoms with Gasteiger partial charge in [-0.05, 0) is 12.8 Å². The van der Waals surface area contributed by atoms with Crippen LogP contribution in [0.25, 0.3) is 0 Å². The second kappa shape index (κ2) is 13.0. The number of hydrogen-bond acceptors (Lipinski definition) is 8. The summed E-state index contributed by atoms with van der Waals surface area (Å²) >= 11 is 3.93. The second-order valence-corrected chi connectivity index (χ2v) is 7.93. The van der Waals surface area contributed by atoms with E-state index in [2.05, 4.69) is 38.5 Å². The largest absolute Gasteiger partial charge is 0.480 e. The van der Waals surface area contributed by atoms with Crippen molar-refractivity contribution >= 4 is 36.3 Å². The number of rotatable bonds is 13. The maximum Gasteiger partial charge on any atom is 0.327 e. The molecule has 180 valence electrons. The zero-order chi connectivity index (χ0) is 24.4. The average molecular weight is 473 g/mol. The molecule has 0 saturated heterocycles. The number of nitrogens with one attached hydrogen (secondary N) is 4. The molecule has 1 aromatic heterocycles. The highest BCUT2D eigenvalue weighted by Gasteiger charge is 2.33. The molecule has 0 aliphatic carbocycles. The van der Waals surface area contributed by atoms with Crippen LogP contribution in [0.15, 0.2) is 12.5 Å². The van der Waals surface area contributed by atoms with Crippen molar-refractivity contribution in [2.75, 3.05) is 5.75 Å². The van der Waals surface area contributed by atoms with E-state index in [9.17, 15) is 24.3 Å². The van der Waals surface area contributed by atoms with Crippen LogP contribution in [0, 0.1) is 5.92 Å². The highest BCUT2D eigenvalue weighted by molar-refractivity contribution is 7.80. The van der Waals surface area contributed by atoms with Gasteiger partial charge in [-0.3, -0.25) is 14.4 Å². The molecule has 3 amide bonds. The highest BCUT2D eigenvalue weighted by atomic mass is 32.1. The van der Waals surface area contributed by atoms with Crippen LogP contribution in [0.5, 0.6) is 0 Å². The topological polar surface area (TPSA) is 200 Å². The molecule has 0 radical (unpaired) electrons. The Hall–Kier alpha value is -2.64. The first kappa shape index (κ1) is 27.4. The lowest BCUT2D eigenvalue weighted by molar-refractivity contribution is -0.142. The summed E-state index contributed by atoms with van der Waals surface area (Å²) in [7, 11) is 0. The lowest BCUT2D eigenvalue weighted by Crippen LogP contribution is -2.60. The van der Waals surface area contributed by atoms with E-state index in [-0.39, 0.29) is 18.1 Å². The van der Waals surface area contributed by atoms with Crippen molar-refractivity contribution in [1.29, 1.82) is 0 Å². The quantitative estimate of drug-likeness (QED) is 0.153. The third kappa shape index (κ3) is 8.13. The summed E-state index contributed by atoms with van der Waals surface area (Å²) in [5.41, 5.74) is 6.20. The first-order valence-electron chi connectivity index (χ1n) is 10.2. The van der Waals surface area contributed by atoms with Crippen molar-refractivity contribution in [1.82, 2.24) is 25.9 Å². The minimum Gasteiger partial charge on any atom is -0.480 e. The van der Waals surface area contributed by atoms with Gasteiger partial charge >= 0.3 is 5.97 Å². The summed E-state index contributed by atoms with van der Waals surface area (Å²) in [5, 5.41) is 26.2. The number of carbonyl (C=O) groups is 4. The third-order valence-electron chi connectivity index (χ3n) is 5.02. The van der Waals surface area contributed by atoms with Gasteiger partial charge in [0.25, 0.3) is 0 Å². The number of aliphatic hydroxyl groups is 1. The van der Waals surface area contributed by atoms with Crippen LogP contribution in [0.4, 0.5) is 0 Å². The van der Waals surface area contributed by atoms with Crippen LogP contribution in [0.1, 0.15) is 32.9 Å². The van der Waals surface area contributed by atoms with Crippen molar-refractivity contribution in [3.63, 3.8) is 0 Å². The van der Waals surface area contributed by atoms with Gasteiger partial charge < -0.3 is 36.9 Å². The molecule has 0 spiro atoms. The molecule has 6 atom stereocenters. The molecular formula is C19H32N6O6S. The standard InChI is InChI=1S/C19H32N6O6S/c1-4-9(2)15(18(29)24-13(7-32)19(30)31)25-16(27)12(5-11-6-21-8-22-11)23-17(28)14(20)10(3)26/h6,8-10,12-15,26,32H,4-5,7,20H2,1-3H3,(H,21,22)(H,23,28)(H,24,29)(H,25,27)(H,30,31). The number of hydrogen-bond donors (Lipinski definition) is 8. The van der Waals surface area contributed by atoms with Gasteiger partial charge in [-0.25, -0.2) is 9.78 Å². The molecule has 13 heteroatoms. The predicted molar refractivity (Wildman–Crippen MR) is 119 cm³/mol. The van der Waals surface area contributed by atoms with Crippen LogP contribution in [-0.2, 0) is 25.6 Å².